The Labute approximate surface area is 165 Å². The molecule has 0 saturated carbocycles. The summed E-state index contributed by atoms with van der Waals surface area (Å²) in [7, 11) is 1.63. The van der Waals surface area contributed by atoms with Gasteiger partial charge in [0.05, 0.1) is 35.7 Å². The smallest absolute Gasteiger partial charge is 0.258 e. The number of aromatic amines is 1. The van der Waals surface area contributed by atoms with E-state index >= 15 is 0 Å². The highest BCUT2D eigenvalue weighted by Gasteiger charge is 2.21. The van der Waals surface area contributed by atoms with Gasteiger partial charge in [-0.25, -0.2) is 4.98 Å². The molecule has 0 bridgehead atoms. The van der Waals surface area contributed by atoms with Crippen molar-refractivity contribution in [1.82, 2.24) is 14.9 Å². The lowest BCUT2D eigenvalue weighted by Gasteiger charge is -2.18. The summed E-state index contributed by atoms with van der Waals surface area (Å²) in [6, 6.07) is 10.3. The molecule has 0 radical (unpaired) electrons. The zero-order valence-electron chi connectivity index (χ0n) is 15.2. The molecule has 1 aliphatic rings. The molecular weight excluding hydrogens is 382 g/mol. The van der Waals surface area contributed by atoms with Gasteiger partial charge in [0, 0.05) is 19.0 Å². The summed E-state index contributed by atoms with van der Waals surface area (Å²) in [5.74, 6) is 1.05. The molecule has 8 heteroatoms. The quantitative estimate of drug-likeness (QED) is 0.731. The number of fused-ring (bicyclic) bond motifs is 2. The van der Waals surface area contributed by atoms with E-state index in [-0.39, 0.29) is 18.0 Å². The second kappa shape index (κ2) is 7.52. The average Bonchev–Trinajstić information content (AvgIpc) is 2.93. The summed E-state index contributed by atoms with van der Waals surface area (Å²) in [6.07, 6.45) is 0.745. The van der Waals surface area contributed by atoms with Crippen molar-refractivity contribution in [1.29, 1.82) is 0 Å². The van der Waals surface area contributed by atoms with E-state index in [0.717, 1.165) is 6.42 Å². The third-order valence-electron chi connectivity index (χ3n) is 4.44. The first kappa shape index (κ1) is 18.3. The number of nitrogens with one attached hydrogen (secondary N) is 1. The number of aromatic nitrogens is 2. The number of hydrogen-bond acceptors (Lipinski definition) is 5. The van der Waals surface area contributed by atoms with Crippen LogP contribution < -0.4 is 15.0 Å². The lowest BCUT2D eigenvalue weighted by molar-refractivity contribution is 0.0781. The highest BCUT2D eigenvalue weighted by Crippen LogP contribution is 2.38. The summed E-state index contributed by atoms with van der Waals surface area (Å²) in [6.45, 7) is 1.16. The second-order valence-electron chi connectivity index (χ2n) is 6.53. The molecule has 7 nitrogen and oxygen atoms in total. The maximum atomic E-state index is 12.9. The fraction of sp³-hybridized carbons (Fsp3) is 0.250. The minimum absolute atomic E-state index is 0.144. The van der Waals surface area contributed by atoms with Crippen molar-refractivity contribution in [3.05, 3.63) is 63.2 Å². The summed E-state index contributed by atoms with van der Waals surface area (Å²) in [5.41, 5.74) is 0.723. The van der Waals surface area contributed by atoms with Gasteiger partial charge in [0.2, 0.25) is 0 Å². The van der Waals surface area contributed by atoms with Crippen molar-refractivity contribution >= 4 is 28.4 Å². The maximum Gasteiger partial charge on any atom is 0.258 e. The Morgan fingerprint density at radius 2 is 2.04 bits per heavy atom. The van der Waals surface area contributed by atoms with Gasteiger partial charge < -0.3 is 19.4 Å². The zero-order valence-corrected chi connectivity index (χ0v) is 16.0. The van der Waals surface area contributed by atoms with Gasteiger partial charge in [-0.15, -0.1) is 0 Å². The van der Waals surface area contributed by atoms with Gasteiger partial charge >= 0.3 is 0 Å². The predicted molar refractivity (Wildman–Crippen MR) is 105 cm³/mol. The number of benzene rings is 2. The van der Waals surface area contributed by atoms with E-state index in [0.29, 0.717) is 52.0 Å². The summed E-state index contributed by atoms with van der Waals surface area (Å²) in [5, 5.41) is 0.836. The maximum absolute atomic E-state index is 12.9. The van der Waals surface area contributed by atoms with E-state index in [2.05, 4.69) is 9.97 Å². The van der Waals surface area contributed by atoms with Crippen LogP contribution in [0.5, 0.6) is 11.5 Å². The van der Waals surface area contributed by atoms with Crippen LogP contribution in [-0.4, -0.2) is 41.0 Å². The van der Waals surface area contributed by atoms with Gasteiger partial charge in [-0.05, 0) is 24.3 Å². The number of para-hydroxylation sites is 1. The van der Waals surface area contributed by atoms with Crippen LogP contribution in [0.2, 0.25) is 5.02 Å². The van der Waals surface area contributed by atoms with Crippen LogP contribution >= 0.6 is 11.6 Å². The first-order valence-corrected chi connectivity index (χ1v) is 9.23. The Morgan fingerprint density at radius 3 is 2.89 bits per heavy atom. The molecule has 0 aliphatic carbocycles. The monoisotopic (exact) mass is 399 g/mol. The number of carbonyl (C=O) groups is 1. The van der Waals surface area contributed by atoms with E-state index in [4.69, 9.17) is 21.1 Å². The third kappa shape index (κ3) is 3.53. The number of ether oxygens (including phenoxy) is 2. The number of rotatable bonds is 3. The van der Waals surface area contributed by atoms with Gasteiger partial charge in [-0.3, -0.25) is 9.59 Å². The van der Waals surface area contributed by atoms with Crippen LogP contribution in [0.3, 0.4) is 0 Å². The van der Waals surface area contributed by atoms with Crippen molar-refractivity contribution in [3.8, 4) is 11.5 Å². The van der Waals surface area contributed by atoms with Crippen molar-refractivity contribution in [2.45, 2.75) is 13.0 Å². The Balaban J connectivity index is 1.59. The van der Waals surface area contributed by atoms with E-state index in [1.807, 2.05) is 6.07 Å². The summed E-state index contributed by atoms with van der Waals surface area (Å²) >= 11 is 6.28. The van der Waals surface area contributed by atoms with Gasteiger partial charge in [0.25, 0.3) is 11.5 Å². The molecule has 28 heavy (non-hydrogen) atoms. The largest absolute Gasteiger partial charge is 0.489 e. The molecule has 0 saturated heterocycles. The molecule has 0 spiro atoms. The fourth-order valence-corrected chi connectivity index (χ4v) is 3.35. The molecule has 4 rings (SSSR count). The lowest BCUT2D eigenvalue weighted by atomic mass is 10.1. The van der Waals surface area contributed by atoms with Crippen LogP contribution in [-0.2, 0) is 6.54 Å². The van der Waals surface area contributed by atoms with E-state index in [1.165, 1.54) is 4.90 Å². The molecule has 1 aliphatic heterocycles. The molecule has 2 aromatic carbocycles. The summed E-state index contributed by atoms with van der Waals surface area (Å²) in [4.78, 5) is 33.7. The Hall–Kier alpha value is -3.06. The average molecular weight is 400 g/mol. The van der Waals surface area contributed by atoms with Crippen molar-refractivity contribution < 1.29 is 14.3 Å². The zero-order chi connectivity index (χ0) is 19.7. The minimum atomic E-state index is -0.270. The number of hydrogen-bond donors (Lipinski definition) is 1. The molecule has 0 atom stereocenters. The fourth-order valence-electron chi connectivity index (χ4n) is 3.08. The van der Waals surface area contributed by atoms with Crippen LogP contribution in [0.15, 0.2) is 41.2 Å². The number of nitrogens with zero attached hydrogens (tertiary/aromatic N) is 2. The van der Waals surface area contributed by atoms with Gasteiger partial charge in [-0.1, -0.05) is 23.7 Å². The first-order valence-electron chi connectivity index (χ1n) is 8.85. The Morgan fingerprint density at radius 1 is 1.25 bits per heavy atom. The molecule has 0 fully saturated rings. The van der Waals surface area contributed by atoms with Crippen LogP contribution in [0, 0.1) is 0 Å². The molecule has 1 aromatic heterocycles. The number of amides is 1. The number of H-pyrrole nitrogens is 1. The van der Waals surface area contributed by atoms with E-state index < -0.39 is 0 Å². The van der Waals surface area contributed by atoms with Gasteiger partial charge in [-0.2, -0.15) is 0 Å². The highest BCUT2D eigenvalue weighted by atomic mass is 35.5. The first-order chi connectivity index (χ1) is 13.5. The number of carbonyl (C=O) groups excluding carboxylic acids is 1. The lowest BCUT2D eigenvalue weighted by Crippen LogP contribution is -2.28. The second-order valence-corrected chi connectivity index (χ2v) is 6.93. The van der Waals surface area contributed by atoms with Gasteiger partial charge in [0.1, 0.15) is 5.82 Å². The predicted octanol–water partition coefficient (Wildman–Crippen LogP) is 3.01. The van der Waals surface area contributed by atoms with Gasteiger partial charge in [0.15, 0.2) is 11.5 Å². The standard InChI is InChI=1S/C20H18ClN3O4/c1-24(11-17-22-15-6-3-2-5-13(15)19(25)23-17)20(26)12-9-14(21)18-16(10-12)27-7-4-8-28-18/h2-3,5-6,9-10H,4,7-8,11H2,1H3,(H,22,23,25). The Kier molecular flexibility index (Phi) is 4.92. The normalized spacial score (nSPS) is 13.2. The van der Waals surface area contributed by atoms with E-state index in [9.17, 15) is 9.59 Å². The number of halogens is 1. The molecule has 2 heterocycles. The van der Waals surface area contributed by atoms with Crippen molar-refractivity contribution in [2.75, 3.05) is 20.3 Å². The Bertz CT molecular complexity index is 1110. The third-order valence-corrected chi connectivity index (χ3v) is 4.73. The molecule has 144 valence electrons. The minimum Gasteiger partial charge on any atom is -0.489 e. The summed E-state index contributed by atoms with van der Waals surface area (Å²) < 4.78 is 11.2. The molecule has 0 unspecified atom stereocenters. The van der Waals surface area contributed by atoms with Crippen LogP contribution in [0.25, 0.3) is 10.9 Å². The van der Waals surface area contributed by atoms with Crippen molar-refractivity contribution in [3.63, 3.8) is 0 Å². The molecule has 1 N–H and O–H groups in total. The topological polar surface area (TPSA) is 84.5 Å². The molecule has 3 aromatic rings. The SMILES string of the molecule is CN(Cc1nc2ccccc2c(=O)[nH]1)C(=O)c1cc(Cl)c2c(c1)OCCCO2. The molecular formula is C20H18ClN3O4. The van der Waals surface area contributed by atoms with E-state index in [1.54, 1.807) is 37.4 Å². The molecule has 1 amide bonds. The highest BCUT2D eigenvalue weighted by molar-refractivity contribution is 6.32. The van der Waals surface area contributed by atoms with Crippen molar-refractivity contribution in [2.24, 2.45) is 0 Å². The van der Waals surface area contributed by atoms with Crippen LogP contribution in [0.1, 0.15) is 22.6 Å². The van der Waals surface area contributed by atoms with Crippen LogP contribution in [0.4, 0.5) is 0 Å².